The molecule has 0 unspecified atom stereocenters. The van der Waals surface area contributed by atoms with Crippen LogP contribution in [0.2, 0.25) is 5.02 Å². The largest absolute Gasteiger partial charge is 0.480 e. The quantitative estimate of drug-likeness (QED) is 0.363. The van der Waals surface area contributed by atoms with Gasteiger partial charge in [-0.2, -0.15) is 5.26 Å². The van der Waals surface area contributed by atoms with Crippen molar-refractivity contribution >= 4 is 34.9 Å². The number of carboxylic acid groups (broad SMARTS) is 1. The maximum Gasteiger partial charge on any atom is 0.322 e. The summed E-state index contributed by atoms with van der Waals surface area (Å²) in [6, 6.07) is 6.34. The number of hydrogen-bond donors (Lipinski definition) is 4. The molecule has 0 fully saturated rings. The normalized spacial score (nSPS) is 10.5. The van der Waals surface area contributed by atoms with Crippen molar-refractivity contribution < 1.29 is 14.7 Å². The highest BCUT2D eigenvalue weighted by Crippen LogP contribution is 2.24. The molecule has 8 heteroatoms. The molecule has 1 amide bonds. The highest BCUT2D eigenvalue weighted by atomic mass is 35.5. The van der Waals surface area contributed by atoms with Gasteiger partial charge in [-0.25, -0.2) is 0 Å². The molecule has 0 aliphatic heterocycles. The fourth-order valence-electron chi connectivity index (χ4n) is 1.20. The number of nitrogens with zero attached hydrogens (tertiary/aromatic N) is 1. The molecule has 104 valence electrons. The first-order chi connectivity index (χ1) is 9.43. The average molecular weight is 295 g/mol. The number of amides is 1. The van der Waals surface area contributed by atoms with Crippen LogP contribution in [0.5, 0.6) is 0 Å². The Morgan fingerprint density at radius 2 is 2.20 bits per heavy atom. The Morgan fingerprint density at radius 3 is 2.75 bits per heavy atom. The first-order valence-corrected chi connectivity index (χ1v) is 5.73. The molecule has 0 radical (unpaired) electrons. The van der Waals surface area contributed by atoms with Gasteiger partial charge in [-0.3, -0.25) is 9.59 Å². The number of benzene rings is 1. The first-order valence-electron chi connectivity index (χ1n) is 5.36. The number of halogens is 1. The van der Waals surface area contributed by atoms with E-state index >= 15 is 0 Å². The molecule has 0 aromatic heterocycles. The number of nitrogens with one attached hydrogen (secondary N) is 2. The zero-order chi connectivity index (χ0) is 15.1. The van der Waals surface area contributed by atoms with Gasteiger partial charge < -0.3 is 21.5 Å². The Kier molecular flexibility index (Phi) is 5.38. The summed E-state index contributed by atoms with van der Waals surface area (Å²) in [5.74, 6) is -2.00. The minimum absolute atomic E-state index is 0.279. The summed E-state index contributed by atoms with van der Waals surface area (Å²) in [5, 5.41) is 22.3. The minimum Gasteiger partial charge on any atom is -0.480 e. The third kappa shape index (κ3) is 4.51. The second-order valence-electron chi connectivity index (χ2n) is 3.63. The van der Waals surface area contributed by atoms with Crippen molar-refractivity contribution in [3.63, 3.8) is 0 Å². The van der Waals surface area contributed by atoms with Crippen LogP contribution in [0.3, 0.4) is 0 Å². The van der Waals surface area contributed by atoms with Crippen molar-refractivity contribution in [2.75, 3.05) is 17.6 Å². The van der Waals surface area contributed by atoms with Gasteiger partial charge in [-0.1, -0.05) is 11.6 Å². The summed E-state index contributed by atoms with van der Waals surface area (Å²) in [6.07, 6.45) is 1.13. The van der Waals surface area contributed by atoms with Crippen molar-refractivity contribution in [3.8, 4) is 6.07 Å². The maximum atomic E-state index is 11.5. The molecule has 1 rings (SSSR count). The topological polar surface area (TPSA) is 128 Å². The Labute approximate surface area is 119 Å². The van der Waals surface area contributed by atoms with E-state index in [0.717, 1.165) is 6.20 Å². The second kappa shape index (κ2) is 7.01. The van der Waals surface area contributed by atoms with E-state index in [1.165, 1.54) is 6.07 Å². The number of nitrogens with two attached hydrogens (primary N) is 1. The Bertz CT molecular complexity index is 607. The van der Waals surface area contributed by atoms with Crippen LogP contribution in [0.15, 0.2) is 30.0 Å². The zero-order valence-corrected chi connectivity index (χ0v) is 10.9. The third-order valence-electron chi connectivity index (χ3n) is 2.13. The van der Waals surface area contributed by atoms with Gasteiger partial charge in [0.1, 0.15) is 18.2 Å². The maximum absolute atomic E-state index is 11.5. The highest BCUT2D eigenvalue weighted by molar-refractivity contribution is 6.33. The fraction of sp³-hybridized carbons (Fsp3) is 0.0833. The Morgan fingerprint density at radius 1 is 1.50 bits per heavy atom. The number of nitrogen functional groups attached to an aromatic ring is 1. The Hall–Kier alpha value is -2.72. The molecule has 0 aliphatic rings. The van der Waals surface area contributed by atoms with Gasteiger partial charge in [0, 0.05) is 11.9 Å². The van der Waals surface area contributed by atoms with Gasteiger partial charge in [-0.05, 0) is 18.2 Å². The van der Waals surface area contributed by atoms with Crippen molar-refractivity contribution in [1.82, 2.24) is 5.32 Å². The summed E-state index contributed by atoms with van der Waals surface area (Å²) >= 11 is 5.91. The van der Waals surface area contributed by atoms with E-state index in [1.807, 2.05) is 0 Å². The minimum atomic E-state index is -1.20. The summed E-state index contributed by atoms with van der Waals surface area (Å²) in [5.41, 5.74) is 6.18. The predicted octanol–water partition coefficient (Wildman–Crippen LogP) is 0.942. The molecule has 7 nitrogen and oxygen atoms in total. The molecular formula is C12H11ClN4O3. The van der Waals surface area contributed by atoms with Crippen LogP contribution in [-0.4, -0.2) is 23.5 Å². The fourth-order valence-corrected chi connectivity index (χ4v) is 1.44. The molecule has 1 aromatic rings. The van der Waals surface area contributed by atoms with E-state index in [0.29, 0.717) is 16.4 Å². The van der Waals surface area contributed by atoms with E-state index < -0.39 is 18.4 Å². The molecule has 0 aliphatic carbocycles. The summed E-state index contributed by atoms with van der Waals surface area (Å²) < 4.78 is 0. The van der Waals surface area contributed by atoms with E-state index in [2.05, 4.69) is 10.6 Å². The van der Waals surface area contributed by atoms with Crippen LogP contribution in [0.25, 0.3) is 0 Å². The first kappa shape index (κ1) is 15.3. The van der Waals surface area contributed by atoms with Crippen molar-refractivity contribution in [2.45, 2.75) is 0 Å². The predicted molar refractivity (Wildman–Crippen MR) is 73.8 cm³/mol. The van der Waals surface area contributed by atoms with Crippen LogP contribution in [0.4, 0.5) is 11.4 Å². The standard InChI is InChI=1S/C12H11ClN4O3/c13-9-3-8(15)1-2-10(9)16-5-7(4-14)12(20)17-6-11(18)19/h1-3,5,16H,6,15H2,(H,17,20)(H,18,19)/b7-5-. The number of carboxylic acids is 1. The third-order valence-corrected chi connectivity index (χ3v) is 2.44. The van der Waals surface area contributed by atoms with Gasteiger partial charge in [0.25, 0.3) is 5.91 Å². The molecule has 0 saturated heterocycles. The second-order valence-corrected chi connectivity index (χ2v) is 4.04. The highest BCUT2D eigenvalue weighted by Gasteiger charge is 2.10. The van der Waals surface area contributed by atoms with Gasteiger partial charge >= 0.3 is 5.97 Å². The average Bonchev–Trinajstić information content (AvgIpc) is 2.39. The van der Waals surface area contributed by atoms with E-state index in [1.54, 1.807) is 18.2 Å². The summed E-state index contributed by atoms with van der Waals surface area (Å²) in [6.45, 7) is -0.569. The zero-order valence-electron chi connectivity index (χ0n) is 10.2. The van der Waals surface area contributed by atoms with Gasteiger partial charge in [0.15, 0.2) is 0 Å². The van der Waals surface area contributed by atoms with Crippen LogP contribution >= 0.6 is 11.6 Å². The van der Waals surface area contributed by atoms with Gasteiger partial charge in [-0.15, -0.1) is 0 Å². The van der Waals surface area contributed by atoms with E-state index in [9.17, 15) is 9.59 Å². The molecule has 0 heterocycles. The van der Waals surface area contributed by atoms with Crippen LogP contribution in [0, 0.1) is 11.3 Å². The molecule has 0 bridgehead atoms. The van der Waals surface area contributed by atoms with Crippen LogP contribution in [0.1, 0.15) is 0 Å². The lowest BCUT2D eigenvalue weighted by Crippen LogP contribution is -2.30. The number of carbonyl (C=O) groups is 2. The molecule has 0 spiro atoms. The van der Waals surface area contributed by atoms with Crippen molar-refractivity contribution in [1.29, 1.82) is 5.26 Å². The number of carbonyl (C=O) groups excluding carboxylic acids is 1. The van der Waals surface area contributed by atoms with Crippen molar-refractivity contribution in [2.24, 2.45) is 0 Å². The molecule has 0 saturated carbocycles. The molecule has 1 aromatic carbocycles. The molecular weight excluding hydrogens is 284 g/mol. The number of nitriles is 1. The van der Waals surface area contributed by atoms with Crippen molar-refractivity contribution in [3.05, 3.63) is 35.0 Å². The molecule has 5 N–H and O–H groups in total. The van der Waals surface area contributed by atoms with Gasteiger partial charge in [0.05, 0.1) is 10.7 Å². The number of hydrogen-bond acceptors (Lipinski definition) is 5. The van der Waals surface area contributed by atoms with E-state index in [4.69, 9.17) is 27.7 Å². The van der Waals surface area contributed by atoms with Crippen LogP contribution in [-0.2, 0) is 9.59 Å². The number of aliphatic carboxylic acids is 1. The Balaban J connectivity index is 2.77. The lowest BCUT2D eigenvalue weighted by molar-refractivity contribution is -0.137. The van der Waals surface area contributed by atoms with E-state index in [-0.39, 0.29) is 5.57 Å². The summed E-state index contributed by atoms with van der Waals surface area (Å²) in [4.78, 5) is 21.8. The van der Waals surface area contributed by atoms with Gasteiger partial charge in [0.2, 0.25) is 0 Å². The molecule has 20 heavy (non-hydrogen) atoms. The SMILES string of the molecule is N#C/C(=C/Nc1ccc(N)cc1Cl)C(=O)NCC(=O)O. The summed E-state index contributed by atoms with van der Waals surface area (Å²) in [7, 11) is 0. The molecule has 0 atom stereocenters. The number of rotatable bonds is 5. The monoisotopic (exact) mass is 294 g/mol. The smallest absolute Gasteiger partial charge is 0.322 e. The number of anilines is 2. The lowest BCUT2D eigenvalue weighted by atomic mass is 10.2. The van der Waals surface area contributed by atoms with Crippen LogP contribution < -0.4 is 16.4 Å². The lowest BCUT2D eigenvalue weighted by Gasteiger charge is -2.06.